The van der Waals surface area contributed by atoms with E-state index in [9.17, 15) is 30.4 Å². The molecule has 0 aromatic heterocycles. The van der Waals surface area contributed by atoms with Crippen LogP contribution in [0.2, 0.25) is 0 Å². The predicted molar refractivity (Wildman–Crippen MR) is 79.1 cm³/mol. The highest BCUT2D eigenvalue weighted by Gasteiger charge is 2.53. The lowest BCUT2D eigenvalue weighted by atomic mass is 10.1. The number of hydrogen-bond acceptors (Lipinski definition) is 5. The highest BCUT2D eigenvalue weighted by Crippen LogP contribution is 2.38. The SMILES string of the molecule is [N-]=[N+]=C(C1(S(=O)[O-])CCCC1)S(=O)(=O)c1ccc(OC(F)(F)F)cc1. The molecule has 0 radical (unpaired) electrons. The minimum Gasteiger partial charge on any atom is -0.771 e. The highest BCUT2D eigenvalue weighted by atomic mass is 32.2. The van der Waals surface area contributed by atoms with E-state index in [1.54, 1.807) is 0 Å². The van der Waals surface area contributed by atoms with Crippen LogP contribution in [-0.2, 0) is 20.9 Å². The molecular formula is C13H12F3N2O5S2-. The van der Waals surface area contributed by atoms with E-state index in [1.807, 2.05) is 0 Å². The van der Waals surface area contributed by atoms with E-state index in [0.29, 0.717) is 12.8 Å². The third kappa shape index (κ3) is 3.92. The molecular weight excluding hydrogens is 385 g/mol. The minimum atomic E-state index is -4.94. The highest BCUT2D eigenvalue weighted by molar-refractivity contribution is 8.08. The monoisotopic (exact) mass is 397 g/mol. The summed E-state index contributed by atoms with van der Waals surface area (Å²) in [6.45, 7) is 0. The first-order valence-electron chi connectivity index (χ1n) is 6.96. The molecule has 1 unspecified atom stereocenters. The molecule has 0 heterocycles. The lowest BCUT2D eigenvalue weighted by molar-refractivity contribution is -0.274. The Morgan fingerprint density at radius 3 is 2.16 bits per heavy atom. The van der Waals surface area contributed by atoms with Gasteiger partial charge in [0, 0.05) is 0 Å². The van der Waals surface area contributed by atoms with Crippen LogP contribution in [-0.4, -0.2) is 38.1 Å². The van der Waals surface area contributed by atoms with Crippen molar-refractivity contribution < 1.29 is 39.9 Å². The summed E-state index contributed by atoms with van der Waals surface area (Å²) in [5, 5.41) is -0.935. The normalized spacial score (nSPS) is 18.4. The van der Waals surface area contributed by atoms with Crippen LogP contribution in [0.5, 0.6) is 5.75 Å². The maximum atomic E-state index is 12.6. The smallest absolute Gasteiger partial charge is 0.573 e. The molecule has 7 nitrogen and oxygen atoms in total. The molecule has 1 atom stereocenters. The average Bonchev–Trinajstić information content (AvgIpc) is 2.97. The van der Waals surface area contributed by atoms with Crippen molar-refractivity contribution in [2.45, 2.75) is 41.7 Å². The molecule has 0 N–H and O–H groups in total. The summed E-state index contributed by atoms with van der Waals surface area (Å²) in [4.78, 5) is 2.21. The Morgan fingerprint density at radius 2 is 1.76 bits per heavy atom. The quantitative estimate of drug-likeness (QED) is 0.254. The van der Waals surface area contributed by atoms with Gasteiger partial charge in [0.05, 0.1) is 4.90 Å². The zero-order valence-electron chi connectivity index (χ0n) is 12.5. The van der Waals surface area contributed by atoms with Crippen LogP contribution < -0.4 is 4.74 Å². The van der Waals surface area contributed by atoms with Crippen molar-refractivity contribution in [1.29, 1.82) is 0 Å². The molecule has 0 amide bonds. The Balaban J connectivity index is 2.43. The van der Waals surface area contributed by atoms with Crippen LogP contribution in [0.25, 0.3) is 5.53 Å². The van der Waals surface area contributed by atoms with E-state index in [0.717, 1.165) is 24.3 Å². The van der Waals surface area contributed by atoms with Crippen molar-refractivity contribution in [2.24, 2.45) is 0 Å². The second-order valence-corrected chi connectivity index (χ2v) is 8.48. The Morgan fingerprint density at radius 1 is 1.24 bits per heavy atom. The Kier molecular flexibility index (Phi) is 5.38. The maximum absolute atomic E-state index is 12.6. The molecule has 2 rings (SSSR count). The number of rotatable bonds is 4. The molecule has 1 aliphatic rings. The summed E-state index contributed by atoms with van der Waals surface area (Å²) in [5.41, 5.74) is 9.17. The standard InChI is InChI=1S/C13H13F3N2O5S2/c14-13(15,16)23-9-3-5-10(6-4-9)25(21,22)11(18-17)12(24(19)20)7-1-2-8-12/h3-6H,1-2,7-8H2,(H,19,20)/p-1. The van der Waals surface area contributed by atoms with Crippen LogP contribution in [0.1, 0.15) is 25.7 Å². The number of sulfone groups is 1. The van der Waals surface area contributed by atoms with E-state index in [4.69, 9.17) is 5.53 Å². The summed E-state index contributed by atoms with van der Waals surface area (Å²) in [5.74, 6) is -0.642. The summed E-state index contributed by atoms with van der Waals surface area (Å²) in [6, 6.07) is 3.17. The van der Waals surface area contributed by atoms with E-state index >= 15 is 0 Å². The second-order valence-electron chi connectivity index (χ2n) is 5.36. The van der Waals surface area contributed by atoms with E-state index in [-0.39, 0.29) is 12.8 Å². The van der Waals surface area contributed by atoms with Crippen LogP contribution in [0.3, 0.4) is 0 Å². The van der Waals surface area contributed by atoms with Gasteiger partial charge < -0.3 is 14.8 Å². The van der Waals surface area contributed by atoms with Crippen LogP contribution in [0, 0.1) is 0 Å². The molecule has 1 aliphatic carbocycles. The number of ether oxygens (including phenoxy) is 1. The molecule has 0 aliphatic heterocycles. The van der Waals surface area contributed by atoms with Crippen molar-refractivity contribution in [3.63, 3.8) is 0 Å². The molecule has 1 aromatic carbocycles. The zero-order valence-corrected chi connectivity index (χ0v) is 14.2. The van der Waals surface area contributed by atoms with Crippen LogP contribution in [0.15, 0.2) is 29.2 Å². The van der Waals surface area contributed by atoms with Gasteiger partial charge in [0.25, 0.3) is 9.84 Å². The number of hydrogen-bond donors (Lipinski definition) is 0. The number of benzene rings is 1. The van der Waals surface area contributed by atoms with Gasteiger partial charge in [0.15, 0.2) is 0 Å². The van der Waals surface area contributed by atoms with Crippen LogP contribution in [0.4, 0.5) is 13.2 Å². The van der Waals surface area contributed by atoms with E-state index in [1.165, 1.54) is 0 Å². The summed E-state index contributed by atoms with van der Waals surface area (Å²) >= 11 is -2.86. The lowest BCUT2D eigenvalue weighted by Crippen LogP contribution is -2.45. The fourth-order valence-corrected chi connectivity index (χ4v) is 5.58. The van der Waals surface area contributed by atoms with Gasteiger partial charge >= 0.3 is 11.4 Å². The second kappa shape index (κ2) is 6.87. The van der Waals surface area contributed by atoms with Crippen molar-refractivity contribution in [3.8, 4) is 5.75 Å². The fraction of sp³-hybridized carbons (Fsp3) is 0.462. The fourth-order valence-electron chi connectivity index (χ4n) is 2.72. The third-order valence-corrected chi connectivity index (χ3v) is 7.08. The molecule has 0 bridgehead atoms. The van der Waals surface area contributed by atoms with E-state index in [2.05, 4.69) is 9.53 Å². The van der Waals surface area contributed by atoms with Crippen molar-refractivity contribution >= 4 is 26.0 Å². The van der Waals surface area contributed by atoms with Gasteiger partial charge in [-0.05, 0) is 48.2 Å². The molecule has 0 saturated heterocycles. The van der Waals surface area contributed by atoms with Gasteiger partial charge in [-0.25, -0.2) is 8.42 Å². The molecule has 25 heavy (non-hydrogen) atoms. The first kappa shape index (κ1) is 19.6. The molecule has 1 fully saturated rings. The topological polar surface area (TPSA) is 120 Å². The first-order valence-corrected chi connectivity index (χ1v) is 9.51. The van der Waals surface area contributed by atoms with Gasteiger partial charge in [0.1, 0.15) is 10.5 Å². The molecule has 0 spiro atoms. The molecule has 1 aromatic rings. The molecule has 1 saturated carbocycles. The number of alkyl halides is 3. The number of nitrogens with zero attached hydrogens (tertiary/aromatic N) is 2. The molecule has 138 valence electrons. The number of halogens is 3. The van der Waals surface area contributed by atoms with Gasteiger partial charge in [-0.15, -0.1) is 13.2 Å². The van der Waals surface area contributed by atoms with E-state index < -0.39 is 47.7 Å². The summed E-state index contributed by atoms with van der Waals surface area (Å²) < 4.78 is 86.7. The largest absolute Gasteiger partial charge is 0.771 e. The Bertz CT molecular complexity index is 824. The first-order chi connectivity index (χ1) is 11.5. The average molecular weight is 397 g/mol. The Labute approximate surface area is 143 Å². The van der Waals surface area contributed by atoms with Crippen molar-refractivity contribution in [2.75, 3.05) is 0 Å². The summed E-state index contributed by atoms with van der Waals surface area (Å²) in [7, 11) is -4.53. The van der Waals surface area contributed by atoms with Crippen molar-refractivity contribution in [1.82, 2.24) is 0 Å². The van der Waals surface area contributed by atoms with Gasteiger partial charge in [0.2, 0.25) is 0 Å². The predicted octanol–water partition coefficient (Wildman–Crippen LogP) is 2.18. The lowest BCUT2D eigenvalue weighted by Gasteiger charge is -2.26. The van der Waals surface area contributed by atoms with Gasteiger partial charge in [-0.1, -0.05) is 12.8 Å². The molecule has 12 heteroatoms. The van der Waals surface area contributed by atoms with Crippen LogP contribution >= 0.6 is 0 Å². The van der Waals surface area contributed by atoms with Crippen molar-refractivity contribution in [3.05, 3.63) is 29.8 Å². The Hall–Kier alpha value is -1.75. The summed E-state index contributed by atoms with van der Waals surface area (Å²) in [6.07, 6.45) is -4.14. The zero-order chi connectivity index (χ0) is 18.9. The minimum absolute atomic E-state index is 0.0308. The van der Waals surface area contributed by atoms with Gasteiger partial charge in [-0.3, -0.25) is 4.21 Å². The van der Waals surface area contributed by atoms with Gasteiger partial charge in [-0.2, -0.15) is 4.79 Å². The third-order valence-electron chi connectivity index (χ3n) is 3.83. The maximum Gasteiger partial charge on any atom is 0.573 e.